The maximum absolute atomic E-state index is 15.4. The van der Waals surface area contributed by atoms with Crippen LogP contribution in [-0.2, 0) is 9.94 Å². The summed E-state index contributed by atoms with van der Waals surface area (Å²) in [4.78, 5) is 0. The Labute approximate surface area is 467 Å². The Morgan fingerprint density at radius 1 is 0.253 bits per heavy atom. The van der Waals surface area contributed by atoms with Crippen molar-refractivity contribution in [1.82, 2.24) is 0 Å². The predicted molar refractivity (Wildman–Crippen MR) is 279 cm³/mol. The van der Waals surface area contributed by atoms with E-state index in [-0.39, 0.29) is 5.41 Å². The lowest BCUT2D eigenvalue weighted by molar-refractivity contribution is 0.352. The van der Waals surface area contributed by atoms with Crippen LogP contribution in [0, 0.1) is 116 Å². The number of halogens is 20. The van der Waals surface area contributed by atoms with E-state index in [1.807, 2.05) is 0 Å². The molecule has 0 saturated heterocycles. The molecule has 0 aliphatic heterocycles. The summed E-state index contributed by atoms with van der Waals surface area (Å²) in [5.41, 5.74) is -10.2. The molecule has 0 radical (unpaired) electrons. The molecule has 0 bridgehead atoms. The van der Waals surface area contributed by atoms with Gasteiger partial charge in [0.2, 0.25) is 0 Å². The number of unbranched alkanes of at least 4 members (excludes halogenated alkanes) is 14. The molecule has 1 atom stereocenters. The molecule has 0 aromatic heterocycles. The molecule has 7 aromatic rings. The van der Waals surface area contributed by atoms with E-state index in [0.717, 1.165) is 13.0 Å². The zero-order chi connectivity index (χ0) is 60.9. The van der Waals surface area contributed by atoms with E-state index in [1.54, 1.807) is 9.47 Å². The molecule has 23 heteroatoms. The van der Waals surface area contributed by atoms with Crippen LogP contribution in [0.5, 0.6) is 0 Å². The van der Waals surface area contributed by atoms with Crippen LogP contribution in [0.3, 0.4) is 0 Å². The molecular formula is C60H52BF20OP. The summed E-state index contributed by atoms with van der Waals surface area (Å²) in [5, 5.41) is 0. The minimum absolute atomic E-state index is 0.0893. The molecule has 1 nitrogen and oxygen atoms in total. The summed E-state index contributed by atoms with van der Waals surface area (Å²) in [6, 6.07) is 33.5. The van der Waals surface area contributed by atoms with Crippen LogP contribution >= 0.6 is 9.47 Å². The van der Waals surface area contributed by atoms with E-state index in [0.29, 0.717) is 0 Å². The lowest BCUT2D eigenvalue weighted by Crippen LogP contribution is -2.81. The van der Waals surface area contributed by atoms with Gasteiger partial charge in [-0.05, 0) is 29.5 Å². The molecule has 446 valence electrons. The van der Waals surface area contributed by atoms with Crippen LogP contribution in [0.4, 0.5) is 87.8 Å². The van der Waals surface area contributed by atoms with Crippen molar-refractivity contribution in [2.45, 2.75) is 108 Å². The molecule has 0 spiro atoms. The SMILES string of the molecule is Fc1c(F)c(F)c([B-](c2c(F)c(F)c(F)c(F)c2F)(c2c(F)c(F)c(F)c(F)c2F)c2c(F)c(F)c(F)c(F)c2F)c(F)c1F.[PH3+]OCCCCCCCCCCCCCCCCCC(c1ccccc1)(c1ccccc1)c1ccccc1. The average molecular weight is 1210 g/mol. The van der Waals surface area contributed by atoms with Gasteiger partial charge in [0, 0.05) is 5.41 Å². The Balaban J connectivity index is 0.000000271. The molecule has 0 fully saturated rings. The Morgan fingerprint density at radius 2 is 0.434 bits per heavy atom. The van der Waals surface area contributed by atoms with Crippen LogP contribution in [-0.4, -0.2) is 12.8 Å². The highest BCUT2D eigenvalue weighted by molar-refractivity contribution is 7.20. The summed E-state index contributed by atoms with van der Waals surface area (Å²) >= 11 is 0. The molecule has 0 amide bonds. The average Bonchev–Trinajstić information content (AvgIpc) is 0.961. The molecule has 0 aliphatic carbocycles. The Kier molecular flexibility index (Phi) is 23.3. The van der Waals surface area contributed by atoms with E-state index >= 15 is 35.1 Å². The molecule has 7 aromatic carbocycles. The zero-order valence-electron chi connectivity index (χ0n) is 43.9. The van der Waals surface area contributed by atoms with E-state index in [9.17, 15) is 52.7 Å². The van der Waals surface area contributed by atoms with Gasteiger partial charge in [-0.1, -0.05) is 181 Å². The topological polar surface area (TPSA) is 9.23 Å². The summed E-state index contributed by atoms with van der Waals surface area (Å²) < 4.78 is 299. The lowest BCUT2D eigenvalue weighted by Gasteiger charge is -2.44. The van der Waals surface area contributed by atoms with Crippen molar-refractivity contribution in [2.24, 2.45) is 0 Å². The molecule has 0 N–H and O–H groups in total. The Hall–Kier alpha value is -6.41. The van der Waals surface area contributed by atoms with Gasteiger partial charge < -0.3 is 0 Å². The maximum Gasteiger partial charge on any atom is 0.200 e. The third-order valence-corrected chi connectivity index (χ3v) is 15.1. The van der Waals surface area contributed by atoms with Crippen molar-refractivity contribution >= 4 is 37.5 Å². The van der Waals surface area contributed by atoms with Crippen LogP contribution in [0.1, 0.15) is 119 Å². The Morgan fingerprint density at radius 3 is 0.639 bits per heavy atom. The van der Waals surface area contributed by atoms with Gasteiger partial charge in [-0.15, -0.1) is 21.9 Å². The van der Waals surface area contributed by atoms with Crippen molar-refractivity contribution in [3.05, 3.63) is 224 Å². The minimum atomic E-state index is -7.22. The minimum Gasteiger partial charge on any atom is -0.246 e. The van der Waals surface area contributed by atoms with Gasteiger partial charge in [0.25, 0.3) is 0 Å². The van der Waals surface area contributed by atoms with Crippen LogP contribution in [0.15, 0.2) is 91.0 Å². The highest BCUT2D eigenvalue weighted by Gasteiger charge is 2.52. The third kappa shape index (κ3) is 13.3. The number of benzene rings is 7. The van der Waals surface area contributed by atoms with Gasteiger partial charge in [-0.25, -0.2) is 92.3 Å². The summed E-state index contributed by atoms with van der Waals surface area (Å²) in [7, 11) is 1.62. The number of hydrogen-bond acceptors (Lipinski definition) is 1. The smallest absolute Gasteiger partial charge is 0.200 e. The monoisotopic (exact) mass is 1210 g/mol. The first-order valence-electron chi connectivity index (χ1n) is 26.3. The lowest BCUT2D eigenvalue weighted by atomic mass is 9.12. The molecule has 83 heavy (non-hydrogen) atoms. The van der Waals surface area contributed by atoms with Gasteiger partial charge >= 0.3 is 0 Å². The van der Waals surface area contributed by atoms with Crippen LogP contribution in [0.25, 0.3) is 0 Å². The van der Waals surface area contributed by atoms with Gasteiger partial charge in [0.1, 0.15) is 62.2 Å². The van der Waals surface area contributed by atoms with E-state index < -0.39 is 144 Å². The largest absolute Gasteiger partial charge is 0.246 e. The van der Waals surface area contributed by atoms with Crippen molar-refractivity contribution in [3.8, 4) is 0 Å². The fraction of sp³-hybridized carbons (Fsp3) is 0.300. The predicted octanol–water partition coefficient (Wildman–Crippen LogP) is 16.6. The third-order valence-electron chi connectivity index (χ3n) is 14.8. The quantitative estimate of drug-likeness (QED) is 0.0105. The van der Waals surface area contributed by atoms with Crippen LogP contribution in [0.2, 0.25) is 0 Å². The van der Waals surface area contributed by atoms with E-state index in [4.69, 9.17) is 4.52 Å². The highest BCUT2D eigenvalue weighted by Crippen LogP contribution is 2.44. The van der Waals surface area contributed by atoms with Crippen molar-refractivity contribution < 1.29 is 92.3 Å². The Bertz CT molecular complexity index is 2860. The molecule has 7 rings (SSSR count). The van der Waals surface area contributed by atoms with E-state index in [1.165, 1.54) is 113 Å². The molecule has 0 heterocycles. The second kappa shape index (κ2) is 29.4. The summed E-state index contributed by atoms with van der Waals surface area (Å²) in [6.07, 6.45) is 14.6. The number of hydrogen-bond donors (Lipinski definition) is 0. The molecule has 1 unspecified atom stereocenters. The standard InChI is InChI=1S/C36H52OP.C24BF20/c38-37-32-24-13-11-9-7-5-3-1-2-4-6-8-10-12-23-31-36(33-25-17-14-18-26-33,34-27-19-15-20-28-34)35-29-21-16-22-30-35;26-5-1(6(27)14(35)21(42)13(5)34)25(2-7(28)15(36)22(43)16(37)8(2)29,3-9(30)17(38)23(44)18(39)10(3)31)4-11(32)19(40)24(45)20(41)12(4)33/h14-22,25-30H,1-13,23-24,31-32H2,38H3;/q+1;-1. The van der Waals surface area contributed by atoms with Gasteiger partial charge in [0.15, 0.2) is 69.8 Å². The first-order chi connectivity index (χ1) is 39.6. The van der Waals surface area contributed by atoms with Crippen molar-refractivity contribution in [1.29, 1.82) is 0 Å². The maximum atomic E-state index is 15.4. The molecular weight excluding hydrogens is 1160 g/mol. The van der Waals surface area contributed by atoms with Crippen molar-refractivity contribution in [2.75, 3.05) is 6.61 Å². The second-order valence-corrected chi connectivity index (χ2v) is 20.2. The van der Waals surface area contributed by atoms with Crippen LogP contribution < -0.4 is 21.9 Å². The first-order valence-corrected chi connectivity index (χ1v) is 26.9. The molecule has 0 saturated carbocycles. The van der Waals surface area contributed by atoms with Gasteiger partial charge in [0.05, 0.1) is 6.61 Å². The summed E-state index contributed by atoms with van der Waals surface area (Å²) in [6.45, 7) is 0.939. The van der Waals surface area contributed by atoms with Gasteiger partial charge in [-0.2, -0.15) is 0 Å². The van der Waals surface area contributed by atoms with Gasteiger partial charge in [-0.3, -0.25) is 0 Å². The van der Waals surface area contributed by atoms with E-state index in [2.05, 4.69) is 91.0 Å². The first kappa shape index (κ1) is 65.7. The fourth-order valence-electron chi connectivity index (χ4n) is 10.9. The molecule has 0 aliphatic rings. The number of rotatable bonds is 25. The highest BCUT2D eigenvalue weighted by atomic mass is 31.0. The fourth-order valence-corrected chi connectivity index (χ4v) is 11.1. The normalized spacial score (nSPS) is 11.9. The summed E-state index contributed by atoms with van der Waals surface area (Å²) in [5.74, 6) is -71.4. The zero-order valence-corrected chi connectivity index (χ0v) is 45.3. The second-order valence-electron chi connectivity index (χ2n) is 19.8. The van der Waals surface area contributed by atoms with Crippen molar-refractivity contribution in [3.63, 3.8) is 0 Å².